The van der Waals surface area contributed by atoms with Gasteiger partial charge in [-0.15, -0.1) is 0 Å². The smallest absolute Gasteiger partial charge is 0.0648 e. The van der Waals surface area contributed by atoms with Crippen LogP contribution in [0.15, 0.2) is 36.7 Å². The number of hydrogen-bond acceptors (Lipinski definition) is 2. The summed E-state index contributed by atoms with van der Waals surface area (Å²) in [7, 11) is 1.96. The van der Waals surface area contributed by atoms with E-state index in [1.54, 1.807) is 0 Å². The van der Waals surface area contributed by atoms with Crippen molar-refractivity contribution in [3.8, 4) is 0 Å². The fourth-order valence-electron chi connectivity index (χ4n) is 1.79. The predicted molar refractivity (Wildman–Crippen MR) is 65.3 cm³/mol. The van der Waals surface area contributed by atoms with Crippen LogP contribution in [0.3, 0.4) is 0 Å². The number of aromatic nitrogens is 2. The molecule has 0 spiro atoms. The maximum Gasteiger partial charge on any atom is 0.0648 e. The van der Waals surface area contributed by atoms with Crippen molar-refractivity contribution in [2.45, 2.75) is 20.0 Å². The van der Waals surface area contributed by atoms with Gasteiger partial charge >= 0.3 is 0 Å². The molecule has 0 aliphatic carbocycles. The quantitative estimate of drug-likeness (QED) is 0.845. The normalized spacial score (nSPS) is 10.6. The summed E-state index contributed by atoms with van der Waals surface area (Å²) in [6.45, 7) is 3.83. The molecule has 0 aliphatic heterocycles. The van der Waals surface area contributed by atoms with Crippen LogP contribution in [0.1, 0.15) is 17.0 Å². The first-order chi connectivity index (χ1) is 7.81. The van der Waals surface area contributed by atoms with E-state index < -0.39 is 0 Å². The zero-order chi connectivity index (χ0) is 11.4. The predicted octanol–water partition coefficient (Wildman–Crippen LogP) is 1.96. The van der Waals surface area contributed by atoms with Gasteiger partial charge in [-0.05, 0) is 37.7 Å². The summed E-state index contributed by atoms with van der Waals surface area (Å²) in [6.07, 6.45) is 3.95. The van der Waals surface area contributed by atoms with Crippen molar-refractivity contribution in [3.05, 3.63) is 53.6 Å². The van der Waals surface area contributed by atoms with Crippen molar-refractivity contribution in [1.82, 2.24) is 14.9 Å². The van der Waals surface area contributed by atoms with Crippen molar-refractivity contribution in [1.29, 1.82) is 0 Å². The lowest BCUT2D eigenvalue weighted by Crippen LogP contribution is -2.12. The average molecular weight is 215 g/mol. The highest BCUT2D eigenvalue weighted by Crippen LogP contribution is 2.09. The van der Waals surface area contributed by atoms with Crippen LogP contribution in [0.5, 0.6) is 0 Å². The lowest BCUT2D eigenvalue weighted by molar-refractivity contribution is 0.682. The van der Waals surface area contributed by atoms with E-state index in [9.17, 15) is 0 Å². The highest BCUT2D eigenvalue weighted by atomic mass is 15.0. The Bertz CT molecular complexity index is 460. The summed E-state index contributed by atoms with van der Waals surface area (Å²) < 4.78 is 2.23. The van der Waals surface area contributed by atoms with Crippen molar-refractivity contribution in [2.24, 2.45) is 0 Å². The van der Waals surface area contributed by atoms with Gasteiger partial charge in [0.2, 0.25) is 0 Å². The molecule has 1 N–H and O–H groups in total. The molecular weight excluding hydrogens is 198 g/mol. The molecule has 2 heterocycles. The second kappa shape index (κ2) is 4.94. The third kappa shape index (κ3) is 2.31. The van der Waals surface area contributed by atoms with Crippen LogP contribution >= 0.6 is 0 Å². The van der Waals surface area contributed by atoms with Crippen LogP contribution in [-0.4, -0.2) is 16.6 Å². The number of rotatable bonds is 4. The summed E-state index contributed by atoms with van der Waals surface area (Å²) in [5.41, 5.74) is 3.66. The number of aryl methyl sites for hydroxylation is 1. The molecule has 0 atom stereocenters. The zero-order valence-corrected chi connectivity index (χ0v) is 9.77. The second-order valence-corrected chi connectivity index (χ2v) is 3.92. The maximum absolute atomic E-state index is 4.41. The first-order valence-corrected chi connectivity index (χ1v) is 5.50. The summed E-state index contributed by atoms with van der Waals surface area (Å²) in [5, 5.41) is 3.17. The van der Waals surface area contributed by atoms with Gasteiger partial charge in [0.1, 0.15) is 0 Å². The molecule has 0 fully saturated rings. The highest BCUT2D eigenvalue weighted by Gasteiger charge is 2.03. The Morgan fingerprint density at radius 2 is 2.19 bits per heavy atom. The SMILES string of the molecule is CNCc1cccn1Cc1ncccc1C. The number of hydrogen-bond donors (Lipinski definition) is 1. The van der Waals surface area contributed by atoms with Crippen molar-refractivity contribution < 1.29 is 0 Å². The molecule has 84 valence electrons. The molecule has 2 aromatic rings. The summed E-state index contributed by atoms with van der Waals surface area (Å²) in [5.74, 6) is 0. The molecule has 0 amide bonds. The molecule has 2 aromatic heterocycles. The first kappa shape index (κ1) is 10.9. The van der Waals surface area contributed by atoms with Gasteiger partial charge < -0.3 is 9.88 Å². The first-order valence-electron chi connectivity index (χ1n) is 5.50. The minimum absolute atomic E-state index is 0.844. The van der Waals surface area contributed by atoms with Crippen LogP contribution in [-0.2, 0) is 13.1 Å². The standard InChI is InChI=1S/C13H17N3/c1-11-5-3-7-15-13(11)10-16-8-4-6-12(16)9-14-2/h3-8,14H,9-10H2,1-2H3. The third-order valence-corrected chi connectivity index (χ3v) is 2.72. The van der Waals surface area contributed by atoms with Gasteiger partial charge in [0.05, 0.1) is 12.2 Å². The monoisotopic (exact) mass is 215 g/mol. The largest absolute Gasteiger partial charge is 0.344 e. The Kier molecular flexibility index (Phi) is 3.37. The van der Waals surface area contributed by atoms with Crippen LogP contribution < -0.4 is 5.32 Å². The summed E-state index contributed by atoms with van der Waals surface area (Å²) in [6, 6.07) is 8.28. The van der Waals surface area contributed by atoms with Crippen molar-refractivity contribution in [3.63, 3.8) is 0 Å². The molecule has 3 nitrogen and oxygen atoms in total. The van der Waals surface area contributed by atoms with E-state index >= 15 is 0 Å². The van der Waals surface area contributed by atoms with Gasteiger partial charge in [0.15, 0.2) is 0 Å². The van der Waals surface area contributed by atoms with Crippen molar-refractivity contribution >= 4 is 0 Å². The molecule has 0 unspecified atom stereocenters. The molecule has 0 saturated heterocycles. The van der Waals surface area contributed by atoms with E-state index in [0.717, 1.165) is 18.8 Å². The Balaban J connectivity index is 2.20. The fourth-order valence-corrected chi connectivity index (χ4v) is 1.79. The number of nitrogens with one attached hydrogen (secondary N) is 1. The van der Waals surface area contributed by atoms with E-state index in [2.05, 4.69) is 46.2 Å². The van der Waals surface area contributed by atoms with E-state index in [-0.39, 0.29) is 0 Å². The number of pyridine rings is 1. The van der Waals surface area contributed by atoms with E-state index in [1.165, 1.54) is 11.3 Å². The molecular formula is C13H17N3. The molecule has 2 rings (SSSR count). The van der Waals surface area contributed by atoms with Crippen LogP contribution in [0.25, 0.3) is 0 Å². The Hall–Kier alpha value is -1.61. The van der Waals surface area contributed by atoms with Crippen LogP contribution in [0.4, 0.5) is 0 Å². The Labute approximate surface area is 96.1 Å². The second-order valence-electron chi connectivity index (χ2n) is 3.92. The van der Waals surface area contributed by atoms with Gasteiger partial charge in [0, 0.05) is 24.6 Å². The van der Waals surface area contributed by atoms with E-state index in [0.29, 0.717) is 0 Å². The molecule has 3 heteroatoms. The average Bonchev–Trinajstić information content (AvgIpc) is 2.70. The Morgan fingerprint density at radius 1 is 1.31 bits per heavy atom. The summed E-state index contributed by atoms with van der Waals surface area (Å²) >= 11 is 0. The van der Waals surface area contributed by atoms with Gasteiger partial charge in [-0.1, -0.05) is 6.07 Å². The molecule has 0 radical (unpaired) electrons. The molecule has 0 saturated carbocycles. The fraction of sp³-hybridized carbons (Fsp3) is 0.308. The minimum atomic E-state index is 0.844. The van der Waals surface area contributed by atoms with Gasteiger partial charge in [0.25, 0.3) is 0 Å². The van der Waals surface area contributed by atoms with Gasteiger partial charge in [-0.3, -0.25) is 4.98 Å². The summed E-state index contributed by atoms with van der Waals surface area (Å²) in [4.78, 5) is 4.41. The van der Waals surface area contributed by atoms with Gasteiger partial charge in [-0.25, -0.2) is 0 Å². The molecule has 0 aliphatic rings. The lowest BCUT2D eigenvalue weighted by Gasteiger charge is -2.10. The van der Waals surface area contributed by atoms with Crippen LogP contribution in [0, 0.1) is 6.92 Å². The highest BCUT2D eigenvalue weighted by molar-refractivity contribution is 5.19. The lowest BCUT2D eigenvalue weighted by atomic mass is 10.2. The van der Waals surface area contributed by atoms with Crippen LogP contribution in [0.2, 0.25) is 0 Å². The molecule has 16 heavy (non-hydrogen) atoms. The van der Waals surface area contributed by atoms with Crippen molar-refractivity contribution in [2.75, 3.05) is 7.05 Å². The molecule has 0 bridgehead atoms. The minimum Gasteiger partial charge on any atom is -0.344 e. The van der Waals surface area contributed by atoms with E-state index in [4.69, 9.17) is 0 Å². The Morgan fingerprint density at radius 3 is 2.94 bits per heavy atom. The van der Waals surface area contributed by atoms with Gasteiger partial charge in [-0.2, -0.15) is 0 Å². The number of nitrogens with zero attached hydrogens (tertiary/aromatic N) is 2. The van der Waals surface area contributed by atoms with E-state index in [1.807, 2.05) is 19.3 Å². The third-order valence-electron chi connectivity index (χ3n) is 2.72. The topological polar surface area (TPSA) is 29.9 Å². The molecule has 0 aromatic carbocycles. The maximum atomic E-state index is 4.41. The zero-order valence-electron chi connectivity index (χ0n) is 9.77.